The Morgan fingerprint density at radius 3 is 2.91 bits per heavy atom. The zero-order valence-corrected chi connectivity index (χ0v) is 13.8. The predicted molar refractivity (Wildman–Crippen MR) is 89.9 cm³/mol. The molecule has 0 aliphatic carbocycles. The molecule has 2 aromatic rings. The lowest BCUT2D eigenvalue weighted by Gasteiger charge is -2.35. The standard InChI is InChI=1S/C18H19ClN2O2/c1-23-17-9-8-13(19)12-14(17)18(22)21-11-5-3-7-16(21)15-6-2-4-10-20-15/h2,4,6,8-10,12,16H,3,5,7,11H2,1H3/t16-/m0/s1. The smallest absolute Gasteiger partial charge is 0.258 e. The van der Waals surface area contributed by atoms with Crippen molar-refractivity contribution in [2.45, 2.75) is 25.3 Å². The maximum Gasteiger partial charge on any atom is 0.258 e. The van der Waals surface area contributed by atoms with Crippen molar-refractivity contribution in [2.75, 3.05) is 13.7 Å². The van der Waals surface area contributed by atoms with Gasteiger partial charge in [-0.25, -0.2) is 0 Å². The summed E-state index contributed by atoms with van der Waals surface area (Å²) in [6.07, 6.45) is 4.79. The number of methoxy groups -OCH3 is 1. The van der Waals surface area contributed by atoms with Gasteiger partial charge in [0.15, 0.2) is 0 Å². The van der Waals surface area contributed by atoms with Crippen LogP contribution in [0.25, 0.3) is 0 Å². The minimum Gasteiger partial charge on any atom is -0.496 e. The van der Waals surface area contributed by atoms with Gasteiger partial charge in [0.25, 0.3) is 5.91 Å². The van der Waals surface area contributed by atoms with Crippen molar-refractivity contribution >= 4 is 17.5 Å². The van der Waals surface area contributed by atoms with Gasteiger partial charge < -0.3 is 9.64 Å². The second kappa shape index (κ2) is 7.01. The fourth-order valence-electron chi connectivity index (χ4n) is 3.06. The highest BCUT2D eigenvalue weighted by Crippen LogP contribution is 2.33. The summed E-state index contributed by atoms with van der Waals surface area (Å²) in [7, 11) is 1.56. The first-order valence-electron chi connectivity index (χ1n) is 7.76. The predicted octanol–water partition coefficient (Wildman–Crippen LogP) is 4.11. The Bertz CT molecular complexity index is 691. The Kier molecular flexibility index (Phi) is 4.82. The second-order valence-corrected chi connectivity index (χ2v) is 6.05. The van der Waals surface area contributed by atoms with Crippen LogP contribution in [0.1, 0.15) is 41.4 Å². The number of piperidine rings is 1. The van der Waals surface area contributed by atoms with Crippen LogP contribution < -0.4 is 4.74 Å². The summed E-state index contributed by atoms with van der Waals surface area (Å²) in [5.41, 5.74) is 1.43. The van der Waals surface area contributed by atoms with Crippen LogP contribution >= 0.6 is 11.6 Å². The average molecular weight is 331 g/mol. The molecule has 1 aliphatic heterocycles. The van der Waals surface area contributed by atoms with Crippen LogP contribution in [-0.4, -0.2) is 29.4 Å². The van der Waals surface area contributed by atoms with Crippen LogP contribution in [-0.2, 0) is 0 Å². The largest absolute Gasteiger partial charge is 0.496 e. The number of halogens is 1. The van der Waals surface area contributed by atoms with Crippen LogP contribution in [0.3, 0.4) is 0 Å². The lowest BCUT2D eigenvalue weighted by molar-refractivity contribution is 0.0602. The molecule has 0 spiro atoms. The number of amides is 1. The normalized spacial score (nSPS) is 17.8. The molecule has 0 radical (unpaired) electrons. The fraction of sp³-hybridized carbons (Fsp3) is 0.333. The molecular weight excluding hydrogens is 312 g/mol. The van der Waals surface area contributed by atoms with Crippen molar-refractivity contribution < 1.29 is 9.53 Å². The van der Waals surface area contributed by atoms with Crippen LogP contribution in [0.5, 0.6) is 5.75 Å². The van der Waals surface area contributed by atoms with E-state index in [0.29, 0.717) is 16.3 Å². The summed E-state index contributed by atoms with van der Waals surface area (Å²) >= 11 is 6.07. The summed E-state index contributed by atoms with van der Waals surface area (Å²) in [6.45, 7) is 0.718. The lowest BCUT2D eigenvalue weighted by atomic mass is 9.97. The van der Waals surface area contributed by atoms with Gasteiger partial charge in [0.05, 0.1) is 24.4 Å². The zero-order chi connectivity index (χ0) is 16.2. The molecular formula is C18H19ClN2O2. The Balaban J connectivity index is 1.95. The molecule has 23 heavy (non-hydrogen) atoms. The van der Waals surface area contributed by atoms with E-state index in [1.807, 2.05) is 23.1 Å². The summed E-state index contributed by atoms with van der Waals surface area (Å²) < 4.78 is 5.33. The van der Waals surface area contributed by atoms with E-state index in [1.54, 1.807) is 31.5 Å². The second-order valence-electron chi connectivity index (χ2n) is 5.61. The molecule has 1 saturated heterocycles. The monoisotopic (exact) mass is 330 g/mol. The van der Waals surface area contributed by atoms with Gasteiger partial charge in [-0.1, -0.05) is 17.7 Å². The minimum atomic E-state index is -0.0558. The number of benzene rings is 1. The Hall–Kier alpha value is -2.07. The molecule has 0 N–H and O–H groups in total. The van der Waals surface area contributed by atoms with Crippen molar-refractivity contribution in [3.63, 3.8) is 0 Å². The highest BCUT2D eigenvalue weighted by atomic mass is 35.5. The summed E-state index contributed by atoms with van der Waals surface area (Å²) in [5, 5.41) is 0.528. The summed E-state index contributed by atoms with van der Waals surface area (Å²) in [6, 6.07) is 11.0. The maximum absolute atomic E-state index is 13.1. The third-order valence-corrected chi connectivity index (χ3v) is 4.42. The molecule has 1 aromatic heterocycles. The van der Waals surface area contributed by atoms with E-state index in [0.717, 1.165) is 31.5 Å². The highest BCUT2D eigenvalue weighted by molar-refractivity contribution is 6.31. The molecule has 5 heteroatoms. The van der Waals surface area contributed by atoms with Crippen molar-refractivity contribution in [2.24, 2.45) is 0 Å². The number of carbonyl (C=O) groups is 1. The minimum absolute atomic E-state index is 0.00105. The quantitative estimate of drug-likeness (QED) is 0.850. The van der Waals surface area contributed by atoms with E-state index in [4.69, 9.17) is 16.3 Å². The number of hydrogen-bond acceptors (Lipinski definition) is 3. The summed E-state index contributed by atoms with van der Waals surface area (Å²) in [5.74, 6) is 0.490. The third kappa shape index (κ3) is 3.32. The molecule has 2 heterocycles. The van der Waals surface area contributed by atoms with E-state index >= 15 is 0 Å². The van der Waals surface area contributed by atoms with Gasteiger partial charge in [0.2, 0.25) is 0 Å². The van der Waals surface area contributed by atoms with Gasteiger partial charge in [0, 0.05) is 17.8 Å². The van der Waals surface area contributed by atoms with Crippen LogP contribution in [0.15, 0.2) is 42.6 Å². The van der Waals surface area contributed by atoms with E-state index in [-0.39, 0.29) is 11.9 Å². The Morgan fingerprint density at radius 1 is 1.30 bits per heavy atom. The van der Waals surface area contributed by atoms with Gasteiger partial charge >= 0.3 is 0 Å². The van der Waals surface area contributed by atoms with Gasteiger partial charge in [-0.2, -0.15) is 0 Å². The van der Waals surface area contributed by atoms with Gasteiger partial charge in [-0.05, 0) is 49.6 Å². The van der Waals surface area contributed by atoms with Crippen LogP contribution in [0.4, 0.5) is 0 Å². The van der Waals surface area contributed by atoms with E-state index < -0.39 is 0 Å². The number of nitrogens with zero attached hydrogens (tertiary/aromatic N) is 2. The van der Waals surface area contributed by atoms with E-state index in [9.17, 15) is 4.79 Å². The average Bonchev–Trinajstić information content (AvgIpc) is 2.62. The zero-order valence-electron chi connectivity index (χ0n) is 13.0. The topological polar surface area (TPSA) is 42.4 Å². The molecule has 1 fully saturated rings. The van der Waals surface area contributed by atoms with Crippen molar-refractivity contribution in [1.29, 1.82) is 0 Å². The molecule has 0 bridgehead atoms. The van der Waals surface area contributed by atoms with Gasteiger partial charge in [-0.3, -0.25) is 9.78 Å². The molecule has 0 saturated carbocycles. The molecule has 1 amide bonds. The third-order valence-electron chi connectivity index (χ3n) is 4.18. The van der Waals surface area contributed by atoms with Crippen LogP contribution in [0, 0.1) is 0 Å². The van der Waals surface area contributed by atoms with Gasteiger partial charge in [-0.15, -0.1) is 0 Å². The molecule has 1 aliphatic rings. The van der Waals surface area contributed by atoms with Crippen molar-refractivity contribution in [1.82, 2.24) is 9.88 Å². The number of likely N-dealkylation sites (tertiary alicyclic amines) is 1. The first-order chi connectivity index (χ1) is 11.2. The number of pyridine rings is 1. The SMILES string of the molecule is COc1ccc(Cl)cc1C(=O)N1CCCC[C@H]1c1ccccn1. The van der Waals surface area contributed by atoms with E-state index in [1.165, 1.54) is 0 Å². The molecule has 1 aromatic carbocycles. The van der Waals surface area contributed by atoms with Gasteiger partial charge in [0.1, 0.15) is 5.75 Å². The van der Waals surface area contributed by atoms with Crippen molar-refractivity contribution in [3.05, 3.63) is 58.9 Å². The first kappa shape index (κ1) is 15.8. The van der Waals surface area contributed by atoms with E-state index in [2.05, 4.69) is 4.98 Å². The molecule has 0 unspecified atom stereocenters. The number of aromatic nitrogens is 1. The number of hydrogen-bond donors (Lipinski definition) is 0. The van der Waals surface area contributed by atoms with Crippen molar-refractivity contribution in [3.8, 4) is 5.75 Å². The Labute approximate surface area is 141 Å². The highest BCUT2D eigenvalue weighted by Gasteiger charge is 2.30. The summed E-state index contributed by atoms with van der Waals surface area (Å²) in [4.78, 5) is 19.4. The number of rotatable bonds is 3. The molecule has 120 valence electrons. The first-order valence-corrected chi connectivity index (χ1v) is 8.14. The number of carbonyl (C=O) groups excluding carboxylic acids is 1. The molecule has 3 rings (SSSR count). The lowest BCUT2D eigenvalue weighted by Crippen LogP contribution is -2.39. The number of ether oxygens (including phenoxy) is 1. The fourth-order valence-corrected chi connectivity index (χ4v) is 3.23. The molecule has 1 atom stereocenters. The molecule has 4 nitrogen and oxygen atoms in total. The maximum atomic E-state index is 13.1. The van der Waals surface area contributed by atoms with Crippen LogP contribution in [0.2, 0.25) is 5.02 Å². The Morgan fingerprint density at radius 2 is 2.17 bits per heavy atom.